The largest absolute Gasteiger partial charge is 0.416 e. The molecule has 0 radical (unpaired) electrons. The first-order valence-corrected chi connectivity index (χ1v) is 10.5. The summed E-state index contributed by atoms with van der Waals surface area (Å²) >= 11 is 0. The highest BCUT2D eigenvalue weighted by Crippen LogP contribution is 2.44. The molecule has 1 atom stereocenters. The average molecular weight is 463 g/mol. The van der Waals surface area contributed by atoms with Gasteiger partial charge in [-0.25, -0.2) is 9.53 Å². The molecule has 1 aliphatic heterocycles. The summed E-state index contributed by atoms with van der Waals surface area (Å²) in [5.41, 5.74) is 1.35. The van der Waals surface area contributed by atoms with Crippen LogP contribution in [0.5, 0.6) is 0 Å². The van der Waals surface area contributed by atoms with Crippen molar-refractivity contribution >= 4 is 17.6 Å². The van der Waals surface area contributed by atoms with E-state index in [0.717, 1.165) is 18.6 Å². The lowest BCUT2D eigenvalue weighted by Gasteiger charge is -2.34. The molecule has 7 nitrogen and oxygen atoms in total. The van der Waals surface area contributed by atoms with E-state index in [0.29, 0.717) is 35.0 Å². The van der Waals surface area contributed by atoms with Crippen LogP contribution in [0.4, 0.5) is 30.8 Å². The molecule has 0 saturated heterocycles. The fourth-order valence-electron chi connectivity index (χ4n) is 3.84. The summed E-state index contributed by atoms with van der Waals surface area (Å²) in [5, 5.41) is 16.8. The summed E-state index contributed by atoms with van der Waals surface area (Å²) in [6, 6.07) is 13.1. The van der Waals surface area contributed by atoms with E-state index in [-0.39, 0.29) is 11.6 Å². The Balaban J connectivity index is 1.92. The Labute approximate surface area is 194 Å². The third-order valence-corrected chi connectivity index (χ3v) is 5.46. The number of aromatic nitrogens is 3. The number of allylic oxidation sites excluding steroid dienone is 2. The number of benzene rings is 2. The molecule has 4 rings (SSSR count). The van der Waals surface area contributed by atoms with Crippen LogP contribution in [0.1, 0.15) is 43.0 Å². The number of nitriles is 1. The van der Waals surface area contributed by atoms with Crippen LogP contribution >= 0.6 is 0 Å². The summed E-state index contributed by atoms with van der Waals surface area (Å²) < 4.78 is 41.8. The van der Waals surface area contributed by atoms with E-state index in [1.54, 1.807) is 41.9 Å². The van der Waals surface area contributed by atoms with Gasteiger partial charge in [-0.15, -0.1) is 5.10 Å². The average Bonchev–Trinajstić information content (AvgIpc) is 3.24. The maximum Gasteiger partial charge on any atom is 0.416 e. The Kier molecular flexibility index (Phi) is 5.99. The lowest BCUT2D eigenvalue weighted by molar-refractivity contribution is -0.137. The number of anilines is 3. The molecule has 0 aliphatic carbocycles. The number of hydrogen-bond acceptors (Lipinski definition) is 5. The van der Waals surface area contributed by atoms with Crippen LogP contribution < -0.4 is 10.2 Å². The first-order valence-electron chi connectivity index (χ1n) is 10.5. The number of hydrogen-bond donors (Lipinski definition) is 1. The predicted molar refractivity (Wildman–Crippen MR) is 121 cm³/mol. The number of alkyl halides is 3. The van der Waals surface area contributed by atoms with Crippen molar-refractivity contribution in [2.45, 2.75) is 32.5 Å². The molecular weight excluding hydrogens is 443 g/mol. The summed E-state index contributed by atoms with van der Waals surface area (Å²) in [7, 11) is 0. The Morgan fingerprint density at radius 1 is 1.21 bits per heavy atom. The van der Waals surface area contributed by atoms with Gasteiger partial charge < -0.3 is 5.32 Å². The molecule has 3 aromatic rings. The lowest BCUT2D eigenvalue weighted by Crippen LogP contribution is -2.30. The second-order valence-corrected chi connectivity index (χ2v) is 7.71. The van der Waals surface area contributed by atoms with E-state index in [1.807, 2.05) is 6.92 Å². The van der Waals surface area contributed by atoms with Gasteiger partial charge in [0.1, 0.15) is 6.04 Å². The molecule has 1 aliphatic rings. The molecule has 0 unspecified atom stereocenters. The first-order chi connectivity index (χ1) is 16.3. The minimum absolute atomic E-state index is 0.224. The molecule has 0 spiro atoms. The first kappa shape index (κ1) is 22.9. The zero-order chi connectivity index (χ0) is 24.5. The summed E-state index contributed by atoms with van der Waals surface area (Å²) in [4.78, 5) is 9.82. The Morgan fingerprint density at radius 3 is 2.56 bits per heavy atom. The SMILES string of the molecule is [C-]#[N+]C1=C(C)N(c2cccc(C(F)(F)F)c2)c2nc(NCCC)nn2[C@@H]1c1ccc(C#N)cc1. The standard InChI is InChI=1S/C24H20F3N7/c1-4-12-30-22-31-23-33(19-7-5-6-18(13-19)24(25,26)27)15(2)20(29-3)21(34(23)32-22)17-10-8-16(14-28)9-11-17/h5-11,13,21H,4,12H2,1-2H3,(H,30,32)/t21-/m1/s1. The maximum atomic E-state index is 13.4. The van der Waals surface area contributed by atoms with Gasteiger partial charge in [0.05, 0.1) is 23.8 Å². The third-order valence-electron chi connectivity index (χ3n) is 5.46. The van der Waals surface area contributed by atoms with Crippen molar-refractivity contribution in [2.24, 2.45) is 0 Å². The van der Waals surface area contributed by atoms with Crippen LogP contribution in [0.2, 0.25) is 0 Å². The fourth-order valence-corrected chi connectivity index (χ4v) is 3.84. The van der Waals surface area contributed by atoms with E-state index in [9.17, 15) is 13.2 Å². The van der Waals surface area contributed by atoms with Crippen LogP contribution in [-0.4, -0.2) is 21.3 Å². The van der Waals surface area contributed by atoms with Crippen LogP contribution in [-0.2, 0) is 6.18 Å². The van der Waals surface area contributed by atoms with Gasteiger partial charge in [-0.2, -0.15) is 23.4 Å². The van der Waals surface area contributed by atoms with Crippen LogP contribution in [0, 0.1) is 17.9 Å². The molecule has 172 valence electrons. The molecule has 10 heteroatoms. The van der Waals surface area contributed by atoms with Gasteiger partial charge in [-0.05, 0) is 49.2 Å². The molecule has 34 heavy (non-hydrogen) atoms. The summed E-state index contributed by atoms with van der Waals surface area (Å²) in [6.45, 7) is 12.1. The quantitative estimate of drug-likeness (QED) is 0.478. The van der Waals surface area contributed by atoms with Crippen molar-refractivity contribution in [1.29, 1.82) is 5.26 Å². The van der Waals surface area contributed by atoms with Crippen molar-refractivity contribution in [3.8, 4) is 6.07 Å². The smallest absolute Gasteiger partial charge is 0.353 e. The predicted octanol–water partition coefficient (Wildman–Crippen LogP) is 5.88. The highest BCUT2D eigenvalue weighted by molar-refractivity contribution is 5.68. The number of halogens is 3. The van der Waals surface area contributed by atoms with Crippen LogP contribution in [0.3, 0.4) is 0 Å². The number of nitrogens with zero attached hydrogens (tertiary/aromatic N) is 6. The van der Waals surface area contributed by atoms with Gasteiger partial charge in [0.15, 0.2) is 0 Å². The van der Waals surface area contributed by atoms with Crippen molar-refractivity contribution in [3.63, 3.8) is 0 Å². The molecule has 1 N–H and O–H groups in total. The van der Waals surface area contributed by atoms with Gasteiger partial charge in [0, 0.05) is 17.9 Å². The molecule has 2 heterocycles. The Hall–Kier alpha value is -4.31. The molecular formula is C24H20F3N7. The maximum absolute atomic E-state index is 13.4. The van der Waals surface area contributed by atoms with E-state index in [1.165, 1.54) is 11.0 Å². The highest BCUT2D eigenvalue weighted by atomic mass is 19.4. The van der Waals surface area contributed by atoms with E-state index in [4.69, 9.17) is 11.8 Å². The van der Waals surface area contributed by atoms with Gasteiger partial charge >= 0.3 is 6.18 Å². The number of rotatable bonds is 5. The van der Waals surface area contributed by atoms with Crippen molar-refractivity contribution in [2.75, 3.05) is 16.8 Å². The second-order valence-electron chi connectivity index (χ2n) is 7.71. The molecule has 2 aromatic carbocycles. The molecule has 1 aromatic heterocycles. The van der Waals surface area contributed by atoms with Crippen LogP contribution in [0.25, 0.3) is 4.85 Å². The van der Waals surface area contributed by atoms with Crippen molar-refractivity contribution in [3.05, 3.63) is 88.0 Å². The summed E-state index contributed by atoms with van der Waals surface area (Å²) in [5.74, 6) is 0.601. The van der Waals surface area contributed by atoms with E-state index >= 15 is 0 Å². The van der Waals surface area contributed by atoms with Crippen molar-refractivity contribution in [1.82, 2.24) is 14.8 Å². The molecule has 0 fully saturated rings. The number of nitrogens with one attached hydrogen (secondary N) is 1. The highest BCUT2D eigenvalue weighted by Gasteiger charge is 2.37. The molecule has 0 amide bonds. The zero-order valence-corrected chi connectivity index (χ0v) is 18.4. The molecule has 0 saturated carbocycles. The minimum atomic E-state index is -4.52. The van der Waals surface area contributed by atoms with E-state index < -0.39 is 17.8 Å². The van der Waals surface area contributed by atoms with E-state index in [2.05, 4.69) is 26.3 Å². The van der Waals surface area contributed by atoms with Gasteiger partial charge in [-0.3, -0.25) is 4.90 Å². The molecule has 0 bridgehead atoms. The lowest BCUT2D eigenvalue weighted by atomic mass is 9.99. The topological polar surface area (TPSA) is 74.1 Å². The van der Waals surface area contributed by atoms with Crippen molar-refractivity contribution < 1.29 is 13.2 Å². The van der Waals surface area contributed by atoms with Gasteiger partial charge in [-0.1, -0.05) is 25.1 Å². The normalized spacial score (nSPS) is 15.5. The Bertz CT molecular complexity index is 1320. The minimum Gasteiger partial charge on any atom is -0.353 e. The third kappa shape index (κ3) is 4.06. The summed E-state index contributed by atoms with van der Waals surface area (Å²) in [6.07, 6.45) is -3.69. The zero-order valence-electron chi connectivity index (χ0n) is 18.4. The van der Waals surface area contributed by atoms with Crippen LogP contribution in [0.15, 0.2) is 59.9 Å². The number of fused-ring (bicyclic) bond motifs is 1. The second kappa shape index (κ2) is 8.91. The fraction of sp³-hybridized carbons (Fsp3) is 0.250. The monoisotopic (exact) mass is 463 g/mol. The Morgan fingerprint density at radius 2 is 1.94 bits per heavy atom. The van der Waals surface area contributed by atoms with Gasteiger partial charge in [0.25, 0.3) is 0 Å². The van der Waals surface area contributed by atoms with Gasteiger partial charge in [0.2, 0.25) is 17.6 Å².